The van der Waals surface area contributed by atoms with Gasteiger partial charge in [0.1, 0.15) is 12.0 Å². The highest BCUT2D eigenvalue weighted by Crippen LogP contribution is 2.38. The van der Waals surface area contributed by atoms with Crippen LogP contribution in [0.4, 0.5) is 0 Å². The Morgan fingerprint density at radius 2 is 2.12 bits per heavy atom. The molecule has 0 heterocycles. The molecule has 0 bridgehead atoms. The summed E-state index contributed by atoms with van der Waals surface area (Å²) in [7, 11) is 0. The lowest BCUT2D eigenvalue weighted by molar-refractivity contribution is -0.114. The van der Waals surface area contributed by atoms with Gasteiger partial charge in [0.05, 0.1) is 11.5 Å². The van der Waals surface area contributed by atoms with E-state index in [1.54, 1.807) is 12.2 Å². The maximum Gasteiger partial charge on any atom is 0.130 e. The number of aliphatic hydroxyl groups is 2. The second-order valence-corrected chi connectivity index (χ2v) is 4.92. The van der Waals surface area contributed by atoms with Crippen molar-refractivity contribution in [2.75, 3.05) is 0 Å². The fourth-order valence-electron chi connectivity index (χ4n) is 1.72. The fourth-order valence-corrected chi connectivity index (χ4v) is 1.72. The van der Waals surface area contributed by atoms with E-state index >= 15 is 0 Å². The zero-order chi connectivity index (χ0) is 12.6. The lowest BCUT2D eigenvalue weighted by atomic mass is 9.74. The van der Waals surface area contributed by atoms with Crippen molar-refractivity contribution in [1.29, 1.82) is 0 Å². The van der Waals surface area contributed by atoms with E-state index in [4.69, 9.17) is 0 Å². The Bertz CT molecular complexity index is 373. The third kappa shape index (κ3) is 2.09. The quantitative estimate of drug-likeness (QED) is 0.568. The number of carbonyl (C=O) groups excluding carboxylic acids is 1. The summed E-state index contributed by atoms with van der Waals surface area (Å²) in [6, 6.07) is 0. The van der Waals surface area contributed by atoms with Crippen LogP contribution in [-0.4, -0.2) is 22.1 Å². The standard InChI is InChI=1S/C13H18O3/c1-5-12(2,3)10-6-9(8-14)13(4,16)7-11(10)15/h5-9,15-16H,1H2,2-4H3. The lowest BCUT2D eigenvalue weighted by Gasteiger charge is -2.33. The first kappa shape index (κ1) is 12.7. The molecule has 2 unspecified atom stereocenters. The maximum atomic E-state index is 10.9. The molecule has 0 spiro atoms. The first-order chi connectivity index (χ1) is 7.24. The molecular weight excluding hydrogens is 204 g/mol. The van der Waals surface area contributed by atoms with Crippen LogP contribution >= 0.6 is 0 Å². The molecule has 0 saturated carbocycles. The molecule has 2 N–H and O–H groups in total. The fraction of sp³-hybridized carbons (Fsp3) is 0.462. The van der Waals surface area contributed by atoms with Crippen LogP contribution in [0.1, 0.15) is 20.8 Å². The first-order valence-corrected chi connectivity index (χ1v) is 5.20. The Balaban J connectivity index is 3.24. The predicted octanol–water partition coefficient (Wildman–Crippen LogP) is 2.15. The van der Waals surface area contributed by atoms with Gasteiger partial charge >= 0.3 is 0 Å². The highest BCUT2D eigenvalue weighted by molar-refractivity contribution is 5.63. The van der Waals surface area contributed by atoms with Crippen LogP contribution in [0.3, 0.4) is 0 Å². The van der Waals surface area contributed by atoms with Crippen LogP contribution in [0, 0.1) is 11.3 Å². The third-order valence-corrected chi connectivity index (χ3v) is 3.08. The molecule has 88 valence electrons. The van der Waals surface area contributed by atoms with Crippen LogP contribution in [0.25, 0.3) is 0 Å². The van der Waals surface area contributed by atoms with Crippen LogP contribution in [0.5, 0.6) is 0 Å². The zero-order valence-electron chi connectivity index (χ0n) is 9.90. The van der Waals surface area contributed by atoms with E-state index < -0.39 is 16.9 Å². The number of hydrogen-bond donors (Lipinski definition) is 2. The topological polar surface area (TPSA) is 57.5 Å². The lowest BCUT2D eigenvalue weighted by Crippen LogP contribution is -2.36. The maximum absolute atomic E-state index is 10.9. The van der Waals surface area contributed by atoms with E-state index in [1.165, 1.54) is 13.0 Å². The smallest absolute Gasteiger partial charge is 0.130 e. The van der Waals surface area contributed by atoms with E-state index in [0.717, 1.165) is 0 Å². The molecule has 0 aromatic heterocycles. The Morgan fingerprint density at radius 3 is 2.56 bits per heavy atom. The van der Waals surface area contributed by atoms with Gasteiger partial charge in [-0.15, -0.1) is 6.58 Å². The van der Waals surface area contributed by atoms with Gasteiger partial charge < -0.3 is 15.0 Å². The Kier molecular flexibility index (Phi) is 3.10. The summed E-state index contributed by atoms with van der Waals surface area (Å²) >= 11 is 0. The normalized spacial score (nSPS) is 30.4. The van der Waals surface area contributed by atoms with Crippen molar-refractivity contribution in [3.05, 3.63) is 36.1 Å². The summed E-state index contributed by atoms with van der Waals surface area (Å²) in [6.45, 7) is 8.97. The number of allylic oxidation sites excluding steroid dienone is 2. The van der Waals surface area contributed by atoms with Crippen molar-refractivity contribution in [1.82, 2.24) is 0 Å². The van der Waals surface area contributed by atoms with E-state index in [1.807, 2.05) is 13.8 Å². The number of aldehydes is 1. The Labute approximate surface area is 95.8 Å². The minimum absolute atomic E-state index is 0.00741. The second kappa shape index (κ2) is 3.91. The van der Waals surface area contributed by atoms with Crippen molar-refractivity contribution < 1.29 is 15.0 Å². The third-order valence-electron chi connectivity index (χ3n) is 3.08. The number of carbonyl (C=O) groups is 1. The molecule has 3 nitrogen and oxygen atoms in total. The van der Waals surface area contributed by atoms with Gasteiger partial charge in [0.15, 0.2) is 0 Å². The van der Waals surface area contributed by atoms with Crippen molar-refractivity contribution in [3.8, 4) is 0 Å². The Hall–Kier alpha value is -1.35. The average Bonchev–Trinajstić information content (AvgIpc) is 2.16. The molecule has 16 heavy (non-hydrogen) atoms. The van der Waals surface area contributed by atoms with Gasteiger partial charge in [0.2, 0.25) is 0 Å². The summed E-state index contributed by atoms with van der Waals surface area (Å²) in [5, 5.41) is 19.8. The van der Waals surface area contributed by atoms with Gasteiger partial charge in [0.25, 0.3) is 0 Å². The van der Waals surface area contributed by atoms with Crippen molar-refractivity contribution in [3.63, 3.8) is 0 Å². The predicted molar refractivity (Wildman–Crippen MR) is 63.0 cm³/mol. The molecule has 0 aliphatic heterocycles. The molecule has 0 aromatic carbocycles. The SMILES string of the molecule is C=CC(C)(C)C1=CC(C=O)C(C)(O)C=C1O. The average molecular weight is 222 g/mol. The summed E-state index contributed by atoms with van der Waals surface area (Å²) in [5.41, 5.74) is -1.14. The summed E-state index contributed by atoms with van der Waals surface area (Å²) in [6.07, 6.45) is 5.30. The number of aliphatic hydroxyl groups excluding tert-OH is 1. The summed E-state index contributed by atoms with van der Waals surface area (Å²) < 4.78 is 0. The molecule has 0 fully saturated rings. The minimum Gasteiger partial charge on any atom is -0.508 e. The molecule has 1 rings (SSSR count). The van der Waals surface area contributed by atoms with Crippen molar-refractivity contribution in [2.45, 2.75) is 26.4 Å². The molecule has 1 aliphatic rings. The number of hydrogen-bond acceptors (Lipinski definition) is 3. The van der Waals surface area contributed by atoms with Crippen LogP contribution < -0.4 is 0 Å². The number of rotatable bonds is 3. The molecule has 0 radical (unpaired) electrons. The van der Waals surface area contributed by atoms with Gasteiger partial charge in [-0.1, -0.05) is 26.0 Å². The molecular formula is C13H18O3. The zero-order valence-corrected chi connectivity index (χ0v) is 9.90. The van der Waals surface area contributed by atoms with Gasteiger partial charge in [-0.05, 0) is 18.6 Å². The van der Waals surface area contributed by atoms with Crippen molar-refractivity contribution in [2.24, 2.45) is 11.3 Å². The van der Waals surface area contributed by atoms with Gasteiger partial charge in [-0.2, -0.15) is 0 Å². The van der Waals surface area contributed by atoms with E-state index in [-0.39, 0.29) is 5.76 Å². The monoisotopic (exact) mass is 222 g/mol. The van der Waals surface area contributed by atoms with Gasteiger partial charge in [-0.25, -0.2) is 0 Å². The van der Waals surface area contributed by atoms with Crippen molar-refractivity contribution >= 4 is 6.29 Å². The highest BCUT2D eigenvalue weighted by atomic mass is 16.3. The highest BCUT2D eigenvalue weighted by Gasteiger charge is 2.36. The minimum atomic E-state index is -1.33. The molecule has 0 aromatic rings. The van der Waals surface area contributed by atoms with Gasteiger partial charge in [-0.3, -0.25) is 0 Å². The van der Waals surface area contributed by atoms with E-state index in [9.17, 15) is 15.0 Å². The van der Waals surface area contributed by atoms with E-state index in [0.29, 0.717) is 11.9 Å². The molecule has 2 atom stereocenters. The molecule has 0 amide bonds. The summed E-state index contributed by atoms with van der Waals surface area (Å²) in [5.74, 6) is -0.634. The molecule has 0 saturated heterocycles. The second-order valence-electron chi connectivity index (χ2n) is 4.92. The van der Waals surface area contributed by atoms with Gasteiger partial charge in [0, 0.05) is 5.41 Å². The molecule has 3 heteroatoms. The van der Waals surface area contributed by atoms with Crippen LogP contribution in [0.2, 0.25) is 0 Å². The molecule has 1 aliphatic carbocycles. The van der Waals surface area contributed by atoms with Crippen LogP contribution in [-0.2, 0) is 4.79 Å². The first-order valence-electron chi connectivity index (χ1n) is 5.20. The largest absolute Gasteiger partial charge is 0.508 e. The van der Waals surface area contributed by atoms with Crippen LogP contribution in [0.15, 0.2) is 36.1 Å². The van der Waals surface area contributed by atoms with E-state index in [2.05, 4.69) is 6.58 Å². The Morgan fingerprint density at radius 1 is 1.56 bits per heavy atom. The summed E-state index contributed by atoms with van der Waals surface area (Å²) in [4.78, 5) is 10.9.